The van der Waals surface area contributed by atoms with Crippen molar-refractivity contribution in [1.29, 1.82) is 0 Å². The fourth-order valence-electron chi connectivity index (χ4n) is 2.08. The highest BCUT2D eigenvalue weighted by Gasteiger charge is 2.12. The molecule has 1 aliphatic rings. The molecule has 2 rings (SSSR count). The van der Waals surface area contributed by atoms with Gasteiger partial charge in [0.05, 0.1) is 26.4 Å². The number of methoxy groups -OCH3 is 1. The zero-order valence-electron chi connectivity index (χ0n) is 11.3. The Kier molecular flexibility index (Phi) is 5.39. The van der Waals surface area contributed by atoms with Crippen molar-refractivity contribution in [2.75, 3.05) is 40.0 Å². The largest absolute Gasteiger partial charge is 0.497 e. The van der Waals surface area contributed by atoms with Crippen LogP contribution in [-0.4, -0.2) is 56.1 Å². The fourth-order valence-corrected chi connectivity index (χ4v) is 2.08. The van der Waals surface area contributed by atoms with Crippen molar-refractivity contribution in [1.82, 2.24) is 4.90 Å². The minimum atomic E-state index is -0.454. The average Bonchev–Trinajstić information content (AvgIpc) is 2.46. The van der Waals surface area contributed by atoms with E-state index in [0.29, 0.717) is 6.54 Å². The molecule has 0 bridgehead atoms. The topological polar surface area (TPSA) is 41.9 Å². The maximum atomic E-state index is 9.99. The molecular formula is C15H21NO3. The van der Waals surface area contributed by atoms with E-state index < -0.39 is 6.10 Å². The van der Waals surface area contributed by atoms with Crippen LogP contribution in [0.3, 0.4) is 0 Å². The van der Waals surface area contributed by atoms with Crippen LogP contribution in [0.2, 0.25) is 0 Å². The van der Waals surface area contributed by atoms with Gasteiger partial charge in [-0.05, 0) is 17.7 Å². The number of aliphatic hydroxyl groups excluding tert-OH is 1. The second kappa shape index (κ2) is 7.28. The molecule has 0 aliphatic carbocycles. The summed E-state index contributed by atoms with van der Waals surface area (Å²) in [6.45, 7) is 3.95. The fraction of sp³-hybridized carbons (Fsp3) is 0.467. The van der Waals surface area contributed by atoms with Gasteiger partial charge in [0.1, 0.15) is 5.75 Å². The van der Waals surface area contributed by atoms with Gasteiger partial charge < -0.3 is 14.6 Å². The highest BCUT2D eigenvalue weighted by molar-refractivity contribution is 5.52. The number of morpholine rings is 1. The molecule has 1 N–H and O–H groups in total. The molecule has 1 aliphatic heterocycles. The highest BCUT2D eigenvalue weighted by atomic mass is 16.5. The van der Waals surface area contributed by atoms with Crippen LogP contribution in [0.15, 0.2) is 30.3 Å². The monoisotopic (exact) mass is 263 g/mol. The number of β-amino-alcohol motifs (C(OH)–C–C–N with tert-alkyl or cyclic N) is 1. The number of benzene rings is 1. The minimum Gasteiger partial charge on any atom is -0.497 e. The smallest absolute Gasteiger partial charge is 0.119 e. The van der Waals surface area contributed by atoms with Gasteiger partial charge >= 0.3 is 0 Å². The first kappa shape index (κ1) is 14.1. The van der Waals surface area contributed by atoms with Gasteiger partial charge in [-0.1, -0.05) is 24.3 Å². The summed E-state index contributed by atoms with van der Waals surface area (Å²) in [7, 11) is 1.65. The average molecular weight is 263 g/mol. The van der Waals surface area contributed by atoms with E-state index >= 15 is 0 Å². The summed E-state index contributed by atoms with van der Waals surface area (Å²) in [5.41, 5.74) is 1.03. The van der Waals surface area contributed by atoms with Crippen molar-refractivity contribution >= 4 is 6.08 Å². The Morgan fingerprint density at radius 3 is 2.95 bits per heavy atom. The Hall–Kier alpha value is -1.36. The number of hydrogen-bond donors (Lipinski definition) is 1. The Morgan fingerprint density at radius 1 is 1.42 bits per heavy atom. The van der Waals surface area contributed by atoms with E-state index in [1.807, 2.05) is 36.4 Å². The molecule has 4 nitrogen and oxygen atoms in total. The van der Waals surface area contributed by atoms with Gasteiger partial charge in [0, 0.05) is 19.6 Å². The van der Waals surface area contributed by atoms with Crippen LogP contribution in [0.4, 0.5) is 0 Å². The Morgan fingerprint density at radius 2 is 2.21 bits per heavy atom. The molecular weight excluding hydrogens is 242 g/mol. The van der Waals surface area contributed by atoms with Gasteiger partial charge in [-0.25, -0.2) is 0 Å². The van der Waals surface area contributed by atoms with Gasteiger partial charge in [-0.2, -0.15) is 0 Å². The van der Waals surface area contributed by atoms with Gasteiger partial charge in [-0.15, -0.1) is 0 Å². The molecule has 0 saturated carbocycles. The van der Waals surface area contributed by atoms with Crippen molar-refractivity contribution < 1.29 is 14.6 Å². The Labute approximate surface area is 114 Å². The zero-order chi connectivity index (χ0) is 13.5. The molecule has 1 fully saturated rings. The third-order valence-corrected chi connectivity index (χ3v) is 3.15. The predicted octanol–water partition coefficient (Wildman–Crippen LogP) is 1.40. The molecule has 0 amide bonds. The molecule has 4 heteroatoms. The number of hydrogen-bond acceptors (Lipinski definition) is 4. The van der Waals surface area contributed by atoms with Crippen LogP contribution >= 0.6 is 0 Å². The number of aliphatic hydroxyl groups is 1. The molecule has 1 aromatic rings. The molecule has 1 atom stereocenters. The molecule has 0 radical (unpaired) electrons. The second-order valence-electron chi connectivity index (χ2n) is 4.62. The van der Waals surface area contributed by atoms with Crippen molar-refractivity contribution in [2.24, 2.45) is 0 Å². The van der Waals surface area contributed by atoms with E-state index in [1.54, 1.807) is 7.11 Å². The summed E-state index contributed by atoms with van der Waals surface area (Å²) < 4.78 is 10.4. The SMILES string of the molecule is COc1cccc(/C=C\C(O)CN2CCOCC2)c1. The van der Waals surface area contributed by atoms with E-state index in [4.69, 9.17) is 9.47 Å². The third-order valence-electron chi connectivity index (χ3n) is 3.15. The first-order valence-electron chi connectivity index (χ1n) is 6.58. The maximum absolute atomic E-state index is 9.99. The van der Waals surface area contributed by atoms with Crippen molar-refractivity contribution in [3.05, 3.63) is 35.9 Å². The van der Waals surface area contributed by atoms with E-state index in [2.05, 4.69) is 4.90 Å². The van der Waals surface area contributed by atoms with Crippen LogP contribution < -0.4 is 4.74 Å². The van der Waals surface area contributed by atoms with Crippen LogP contribution in [0.1, 0.15) is 5.56 Å². The van der Waals surface area contributed by atoms with Crippen molar-refractivity contribution in [3.63, 3.8) is 0 Å². The lowest BCUT2D eigenvalue weighted by molar-refractivity contribution is 0.0223. The summed E-state index contributed by atoms with van der Waals surface area (Å²) in [5.74, 6) is 0.824. The van der Waals surface area contributed by atoms with E-state index in [-0.39, 0.29) is 0 Å². The normalized spacial score (nSPS) is 18.6. The summed E-state index contributed by atoms with van der Waals surface area (Å²) in [4.78, 5) is 2.21. The van der Waals surface area contributed by atoms with E-state index in [9.17, 15) is 5.11 Å². The molecule has 1 aromatic carbocycles. The first-order chi connectivity index (χ1) is 9.28. The summed E-state index contributed by atoms with van der Waals surface area (Å²) >= 11 is 0. The van der Waals surface area contributed by atoms with Gasteiger partial charge in [0.25, 0.3) is 0 Å². The minimum absolute atomic E-state index is 0.454. The molecule has 19 heavy (non-hydrogen) atoms. The van der Waals surface area contributed by atoms with Crippen LogP contribution in [0, 0.1) is 0 Å². The Bertz CT molecular complexity index is 414. The molecule has 0 aromatic heterocycles. The standard InChI is InChI=1S/C15H21NO3/c1-18-15-4-2-3-13(11-15)5-6-14(17)12-16-7-9-19-10-8-16/h2-6,11,14,17H,7-10,12H2,1H3/b6-5-. The van der Waals surface area contributed by atoms with E-state index in [0.717, 1.165) is 37.6 Å². The number of nitrogens with zero attached hydrogens (tertiary/aromatic N) is 1. The quantitative estimate of drug-likeness (QED) is 0.872. The van der Waals surface area contributed by atoms with Gasteiger partial charge in [0.2, 0.25) is 0 Å². The Balaban J connectivity index is 1.86. The number of ether oxygens (including phenoxy) is 2. The third kappa shape index (κ3) is 4.67. The van der Waals surface area contributed by atoms with Gasteiger partial charge in [-0.3, -0.25) is 4.90 Å². The molecule has 0 spiro atoms. The van der Waals surface area contributed by atoms with Gasteiger partial charge in [0.15, 0.2) is 0 Å². The van der Waals surface area contributed by atoms with Crippen LogP contribution in [-0.2, 0) is 4.74 Å². The highest BCUT2D eigenvalue weighted by Crippen LogP contribution is 2.14. The lowest BCUT2D eigenvalue weighted by Gasteiger charge is -2.27. The molecule has 1 unspecified atom stereocenters. The summed E-state index contributed by atoms with van der Waals surface area (Å²) in [6.07, 6.45) is 3.29. The first-order valence-corrected chi connectivity index (χ1v) is 6.58. The van der Waals surface area contributed by atoms with E-state index in [1.165, 1.54) is 0 Å². The van der Waals surface area contributed by atoms with Crippen molar-refractivity contribution in [2.45, 2.75) is 6.10 Å². The summed E-state index contributed by atoms with van der Waals surface area (Å²) in [6, 6.07) is 7.77. The second-order valence-corrected chi connectivity index (χ2v) is 4.62. The van der Waals surface area contributed by atoms with Crippen LogP contribution in [0.5, 0.6) is 5.75 Å². The van der Waals surface area contributed by atoms with Crippen LogP contribution in [0.25, 0.3) is 6.08 Å². The van der Waals surface area contributed by atoms with Crippen molar-refractivity contribution in [3.8, 4) is 5.75 Å². The molecule has 104 valence electrons. The lowest BCUT2D eigenvalue weighted by Crippen LogP contribution is -2.40. The lowest BCUT2D eigenvalue weighted by atomic mass is 10.1. The summed E-state index contributed by atoms with van der Waals surface area (Å²) in [5, 5.41) is 9.99. The number of rotatable bonds is 5. The maximum Gasteiger partial charge on any atom is 0.119 e. The molecule has 1 saturated heterocycles. The predicted molar refractivity (Wildman–Crippen MR) is 75.3 cm³/mol. The zero-order valence-corrected chi connectivity index (χ0v) is 11.3. The molecule has 1 heterocycles.